The number of nitrogens with zero attached hydrogens (tertiary/aromatic N) is 3. The summed E-state index contributed by atoms with van der Waals surface area (Å²) in [5.41, 5.74) is 3.09. The second-order valence-corrected chi connectivity index (χ2v) is 8.40. The summed E-state index contributed by atoms with van der Waals surface area (Å²) in [6.45, 7) is 12.4. The third-order valence-corrected chi connectivity index (χ3v) is 4.77. The van der Waals surface area contributed by atoms with Gasteiger partial charge in [0.1, 0.15) is 0 Å². The molecule has 0 aliphatic carbocycles. The number of nitrogens with one attached hydrogen (secondary N) is 1. The smallest absolute Gasteiger partial charge is 0.253 e. The van der Waals surface area contributed by atoms with Crippen molar-refractivity contribution in [2.45, 2.75) is 53.6 Å². The lowest BCUT2D eigenvalue weighted by Gasteiger charge is -2.32. The summed E-state index contributed by atoms with van der Waals surface area (Å²) in [6, 6.07) is 12.1. The van der Waals surface area contributed by atoms with Crippen LogP contribution in [0.15, 0.2) is 42.6 Å². The summed E-state index contributed by atoms with van der Waals surface area (Å²) >= 11 is 0. The van der Waals surface area contributed by atoms with Crippen molar-refractivity contribution in [3.8, 4) is 0 Å². The van der Waals surface area contributed by atoms with Crippen molar-refractivity contribution in [2.75, 3.05) is 0 Å². The van der Waals surface area contributed by atoms with E-state index in [1.807, 2.05) is 35.9 Å². The Labute approximate surface area is 160 Å². The number of aromatic nitrogens is 3. The minimum absolute atomic E-state index is 0.0975. The van der Waals surface area contributed by atoms with Gasteiger partial charge in [0.25, 0.3) is 5.91 Å². The Hall–Kier alpha value is -2.69. The van der Waals surface area contributed by atoms with Gasteiger partial charge < -0.3 is 5.32 Å². The summed E-state index contributed by atoms with van der Waals surface area (Å²) in [6.07, 6.45) is 1.77. The molecule has 0 radical (unpaired) electrons. The van der Waals surface area contributed by atoms with Crippen molar-refractivity contribution in [2.24, 2.45) is 5.41 Å². The van der Waals surface area contributed by atoms with E-state index in [9.17, 15) is 4.79 Å². The molecule has 0 saturated carbocycles. The number of carbonyl (C=O) groups is 1. The van der Waals surface area contributed by atoms with E-state index >= 15 is 0 Å². The number of rotatable bonds is 4. The topological polar surface area (TPSA) is 59.8 Å². The van der Waals surface area contributed by atoms with Crippen molar-refractivity contribution in [1.82, 2.24) is 20.1 Å². The molecule has 0 aliphatic heterocycles. The SMILES string of the molecule is Cc1nc2c(cnn2C(C)C)cc1C(=O)NC(c1ccccc1)C(C)(C)C. The lowest BCUT2D eigenvalue weighted by molar-refractivity contribution is 0.0901. The number of fused-ring (bicyclic) bond motifs is 1. The highest BCUT2D eigenvalue weighted by Gasteiger charge is 2.28. The molecule has 27 heavy (non-hydrogen) atoms. The first-order chi connectivity index (χ1) is 12.7. The average molecular weight is 364 g/mol. The number of hydrogen-bond donors (Lipinski definition) is 1. The summed E-state index contributed by atoms with van der Waals surface area (Å²) < 4.78 is 1.88. The highest BCUT2D eigenvalue weighted by molar-refractivity contribution is 5.98. The molecule has 142 valence electrons. The first kappa shape index (κ1) is 19.1. The Kier molecular flexibility index (Phi) is 5.05. The Bertz CT molecular complexity index is 952. The molecule has 1 atom stereocenters. The van der Waals surface area contributed by atoms with E-state index in [-0.39, 0.29) is 23.4 Å². The maximum Gasteiger partial charge on any atom is 0.253 e. The number of amides is 1. The van der Waals surface area contributed by atoms with Crippen molar-refractivity contribution in [1.29, 1.82) is 0 Å². The van der Waals surface area contributed by atoms with E-state index in [0.717, 1.165) is 16.6 Å². The van der Waals surface area contributed by atoms with Gasteiger partial charge in [0.15, 0.2) is 5.65 Å². The Balaban J connectivity index is 1.96. The van der Waals surface area contributed by atoms with Gasteiger partial charge in [0, 0.05) is 11.4 Å². The van der Waals surface area contributed by atoms with Gasteiger partial charge in [0.2, 0.25) is 0 Å². The lowest BCUT2D eigenvalue weighted by atomic mass is 9.82. The molecule has 1 unspecified atom stereocenters. The molecule has 1 aromatic carbocycles. The van der Waals surface area contributed by atoms with E-state index in [4.69, 9.17) is 0 Å². The molecule has 2 aromatic heterocycles. The first-order valence-electron chi connectivity index (χ1n) is 9.39. The number of benzene rings is 1. The van der Waals surface area contributed by atoms with Crippen LogP contribution in [0.4, 0.5) is 0 Å². The highest BCUT2D eigenvalue weighted by Crippen LogP contribution is 2.33. The van der Waals surface area contributed by atoms with Gasteiger partial charge >= 0.3 is 0 Å². The van der Waals surface area contributed by atoms with Crippen LogP contribution in [0.2, 0.25) is 0 Å². The molecule has 2 heterocycles. The molecule has 0 spiro atoms. The monoisotopic (exact) mass is 364 g/mol. The Morgan fingerprint density at radius 2 is 1.81 bits per heavy atom. The summed E-state index contributed by atoms with van der Waals surface area (Å²) in [4.78, 5) is 17.8. The predicted octanol–water partition coefficient (Wildman–Crippen LogP) is 4.84. The van der Waals surface area contributed by atoms with Gasteiger partial charge in [-0.05, 0) is 37.8 Å². The van der Waals surface area contributed by atoms with Crippen molar-refractivity contribution >= 4 is 16.9 Å². The number of hydrogen-bond acceptors (Lipinski definition) is 3. The molecular weight excluding hydrogens is 336 g/mol. The normalized spacial score (nSPS) is 13.1. The maximum atomic E-state index is 13.1. The van der Waals surface area contributed by atoms with Crippen molar-refractivity contribution < 1.29 is 4.79 Å². The van der Waals surface area contributed by atoms with Crippen LogP contribution in [0.25, 0.3) is 11.0 Å². The van der Waals surface area contributed by atoms with Crippen molar-refractivity contribution in [3.63, 3.8) is 0 Å². The predicted molar refractivity (Wildman–Crippen MR) is 109 cm³/mol. The van der Waals surface area contributed by atoms with Gasteiger partial charge in [-0.2, -0.15) is 5.10 Å². The molecule has 0 saturated heterocycles. The Morgan fingerprint density at radius 3 is 2.41 bits per heavy atom. The van der Waals surface area contributed by atoms with Gasteiger partial charge in [-0.25, -0.2) is 9.67 Å². The fourth-order valence-electron chi connectivity index (χ4n) is 3.33. The zero-order valence-electron chi connectivity index (χ0n) is 16.9. The van der Waals surface area contributed by atoms with Crippen molar-refractivity contribution in [3.05, 3.63) is 59.4 Å². The van der Waals surface area contributed by atoms with Gasteiger partial charge in [-0.1, -0.05) is 51.1 Å². The standard InChI is InChI=1S/C22H28N4O/c1-14(2)26-20-17(13-23-26)12-18(15(3)24-20)21(27)25-19(22(4,5)6)16-10-8-7-9-11-16/h7-14,19H,1-6H3,(H,25,27). The van der Waals surface area contributed by atoms with Crippen LogP contribution in [-0.4, -0.2) is 20.7 Å². The van der Waals surface area contributed by atoms with Crippen LogP contribution in [0.5, 0.6) is 0 Å². The third kappa shape index (κ3) is 3.87. The summed E-state index contributed by atoms with van der Waals surface area (Å²) in [5, 5.41) is 8.51. The Morgan fingerprint density at radius 1 is 1.15 bits per heavy atom. The van der Waals surface area contributed by atoms with E-state index in [1.165, 1.54) is 0 Å². The van der Waals surface area contributed by atoms with Crippen LogP contribution in [0.1, 0.15) is 68.3 Å². The number of pyridine rings is 1. The fraction of sp³-hybridized carbons (Fsp3) is 0.409. The van der Waals surface area contributed by atoms with E-state index in [1.54, 1.807) is 6.20 Å². The van der Waals surface area contributed by atoms with Crippen LogP contribution in [0, 0.1) is 12.3 Å². The molecule has 3 rings (SSSR count). The molecule has 1 amide bonds. The van der Waals surface area contributed by atoms with Crippen LogP contribution in [0.3, 0.4) is 0 Å². The van der Waals surface area contributed by atoms with E-state index in [0.29, 0.717) is 11.3 Å². The molecule has 0 aliphatic rings. The van der Waals surface area contributed by atoms with Crippen LogP contribution >= 0.6 is 0 Å². The zero-order chi connectivity index (χ0) is 19.8. The first-order valence-corrected chi connectivity index (χ1v) is 9.39. The number of aryl methyl sites for hydroxylation is 1. The maximum absolute atomic E-state index is 13.1. The van der Waals surface area contributed by atoms with Gasteiger partial charge in [-0.3, -0.25) is 4.79 Å². The molecule has 0 bridgehead atoms. The molecule has 3 aromatic rings. The minimum Gasteiger partial charge on any atom is -0.345 e. The van der Waals surface area contributed by atoms with E-state index < -0.39 is 0 Å². The second kappa shape index (κ2) is 7.14. The number of carbonyl (C=O) groups excluding carboxylic acids is 1. The zero-order valence-corrected chi connectivity index (χ0v) is 16.9. The molecule has 5 heteroatoms. The minimum atomic E-state index is -0.120. The van der Waals surface area contributed by atoms with Gasteiger partial charge in [0.05, 0.1) is 23.5 Å². The molecule has 0 fully saturated rings. The van der Waals surface area contributed by atoms with Gasteiger partial charge in [-0.15, -0.1) is 0 Å². The molecule has 1 N–H and O–H groups in total. The largest absolute Gasteiger partial charge is 0.345 e. The van der Waals surface area contributed by atoms with Crippen LogP contribution < -0.4 is 5.32 Å². The highest BCUT2D eigenvalue weighted by atomic mass is 16.1. The third-order valence-electron chi connectivity index (χ3n) is 4.77. The second-order valence-electron chi connectivity index (χ2n) is 8.40. The summed E-state index contributed by atoms with van der Waals surface area (Å²) in [7, 11) is 0. The molecular formula is C22H28N4O. The lowest BCUT2D eigenvalue weighted by Crippen LogP contribution is -2.37. The summed E-state index contributed by atoms with van der Waals surface area (Å²) in [5.74, 6) is -0.108. The van der Waals surface area contributed by atoms with E-state index in [2.05, 4.69) is 62.2 Å². The fourth-order valence-corrected chi connectivity index (χ4v) is 3.33. The molecule has 5 nitrogen and oxygen atoms in total. The van der Waals surface area contributed by atoms with Crippen LogP contribution in [-0.2, 0) is 0 Å². The quantitative estimate of drug-likeness (QED) is 0.721. The average Bonchev–Trinajstić information content (AvgIpc) is 3.01.